The largest absolute Gasteiger partial charge is 0.459 e. The standard InChI is InChI=1S/C21H18N2O4/c24-19-9-10-20(25)23(19)13-14-5-7-15(8-6-14)21(26)22-12-17-11-16-3-1-2-4-18(16)27-17/h1-8,11H,9-10,12-13H2,(H,22,26). The molecular formula is C21H18N2O4. The van der Waals surface area contributed by atoms with E-state index in [1.54, 1.807) is 24.3 Å². The number of imide groups is 1. The van der Waals surface area contributed by atoms with Gasteiger partial charge in [-0.1, -0.05) is 30.3 Å². The van der Waals surface area contributed by atoms with Crippen molar-refractivity contribution in [2.45, 2.75) is 25.9 Å². The summed E-state index contributed by atoms with van der Waals surface area (Å²) in [6.07, 6.45) is 0.558. The maximum Gasteiger partial charge on any atom is 0.251 e. The fraction of sp³-hybridized carbons (Fsp3) is 0.190. The lowest BCUT2D eigenvalue weighted by Crippen LogP contribution is -2.28. The fourth-order valence-electron chi connectivity index (χ4n) is 3.14. The van der Waals surface area contributed by atoms with Crippen LogP contribution in [0.25, 0.3) is 11.0 Å². The number of furan rings is 1. The molecule has 1 saturated heterocycles. The first-order chi connectivity index (χ1) is 13.1. The average molecular weight is 362 g/mol. The second-order valence-electron chi connectivity index (χ2n) is 6.50. The molecular weight excluding hydrogens is 344 g/mol. The summed E-state index contributed by atoms with van der Waals surface area (Å²) in [6.45, 7) is 0.546. The summed E-state index contributed by atoms with van der Waals surface area (Å²) < 4.78 is 5.68. The molecule has 136 valence electrons. The predicted octanol–water partition coefficient (Wildman–Crippen LogP) is 3.01. The van der Waals surface area contributed by atoms with E-state index in [2.05, 4.69) is 5.32 Å². The Hall–Kier alpha value is -3.41. The van der Waals surface area contributed by atoms with E-state index < -0.39 is 0 Å². The SMILES string of the molecule is O=C(NCc1cc2ccccc2o1)c1ccc(CN2C(=O)CCC2=O)cc1. The monoisotopic (exact) mass is 362 g/mol. The number of para-hydroxylation sites is 1. The highest BCUT2D eigenvalue weighted by Gasteiger charge is 2.28. The minimum atomic E-state index is -0.213. The molecule has 0 aliphatic carbocycles. The highest BCUT2D eigenvalue weighted by atomic mass is 16.3. The molecule has 1 N–H and O–H groups in total. The van der Waals surface area contributed by atoms with Crippen LogP contribution >= 0.6 is 0 Å². The molecule has 1 aliphatic heterocycles. The van der Waals surface area contributed by atoms with Gasteiger partial charge in [0, 0.05) is 23.8 Å². The van der Waals surface area contributed by atoms with E-state index in [0.29, 0.717) is 17.9 Å². The number of carbonyl (C=O) groups excluding carboxylic acids is 3. The maximum absolute atomic E-state index is 12.3. The number of benzene rings is 2. The molecule has 0 bridgehead atoms. The van der Waals surface area contributed by atoms with Gasteiger partial charge < -0.3 is 9.73 Å². The number of fused-ring (bicyclic) bond motifs is 1. The van der Waals surface area contributed by atoms with Crippen LogP contribution in [0.4, 0.5) is 0 Å². The molecule has 0 atom stereocenters. The summed E-state index contributed by atoms with van der Waals surface area (Å²) in [5.41, 5.74) is 2.11. The van der Waals surface area contributed by atoms with Crippen molar-refractivity contribution in [2.24, 2.45) is 0 Å². The van der Waals surface area contributed by atoms with Gasteiger partial charge in [-0.25, -0.2) is 0 Å². The van der Waals surface area contributed by atoms with Gasteiger partial charge in [0.2, 0.25) is 11.8 Å². The molecule has 6 heteroatoms. The average Bonchev–Trinajstić information content (AvgIpc) is 3.24. The first-order valence-electron chi connectivity index (χ1n) is 8.78. The number of hydrogen-bond acceptors (Lipinski definition) is 4. The maximum atomic E-state index is 12.3. The van der Waals surface area contributed by atoms with Gasteiger partial charge in [0.1, 0.15) is 11.3 Å². The van der Waals surface area contributed by atoms with E-state index in [1.807, 2.05) is 30.3 Å². The molecule has 6 nitrogen and oxygen atoms in total. The van der Waals surface area contributed by atoms with E-state index in [1.165, 1.54) is 4.90 Å². The van der Waals surface area contributed by atoms with Crippen LogP contribution in [0.15, 0.2) is 59.0 Å². The molecule has 0 spiro atoms. The fourth-order valence-corrected chi connectivity index (χ4v) is 3.14. The van der Waals surface area contributed by atoms with Crippen LogP contribution in [0, 0.1) is 0 Å². The van der Waals surface area contributed by atoms with E-state index in [0.717, 1.165) is 16.5 Å². The zero-order chi connectivity index (χ0) is 18.8. The second-order valence-corrected chi connectivity index (χ2v) is 6.50. The van der Waals surface area contributed by atoms with Crippen molar-refractivity contribution in [3.63, 3.8) is 0 Å². The number of amides is 3. The number of nitrogens with one attached hydrogen (secondary N) is 1. The minimum absolute atomic E-state index is 0.146. The second kappa shape index (κ2) is 7.07. The Kier molecular flexibility index (Phi) is 4.46. The van der Waals surface area contributed by atoms with Crippen LogP contribution in [0.3, 0.4) is 0 Å². The third-order valence-electron chi connectivity index (χ3n) is 4.61. The van der Waals surface area contributed by atoms with Crippen LogP contribution < -0.4 is 5.32 Å². The third-order valence-corrected chi connectivity index (χ3v) is 4.61. The zero-order valence-corrected chi connectivity index (χ0v) is 14.6. The summed E-state index contributed by atoms with van der Waals surface area (Å²) >= 11 is 0. The lowest BCUT2D eigenvalue weighted by atomic mass is 10.1. The normalized spacial score (nSPS) is 14.1. The van der Waals surface area contributed by atoms with Crippen molar-refractivity contribution < 1.29 is 18.8 Å². The third kappa shape index (κ3) is 3.60. The van der Waals surface area contributed by atoms with Gasteiger partial charge in [0.25, 0.3) is 5.91 Å². The summed E-state index contributed by atoms with van der Waals surface area (Å²) in [5, 5.41) is 3.83. The van der Waals surface area contributed by atoms with Gasteiger partial charge in [0.05, 0.1) is 13.1 Å². The van der Waals surface area contributed by atoms with Crippen LogP contribution in [-0.2, 0) is 22.7 Å². The molecule has 0 unspecified atom stereocenters. The Morgan fingerprint density at radius 3 is 2.41 bits per heavy atom. The summed E-state index contributed by atoms with van der Waals surface area (Å²) in [7, 11) is 0. The van der Waals surface area contributed by atoms with Crippen molar-refractivity contribution in [1.82, 2.24) is 10.2 Å². The topological polar surface area (TPSA) is 79.6 Å². The molecule has 2 heterocycles. The van der Waals surface area contributed by atoms with Gasteiger partial charge >= 0.3 is 0 Å². The molecule has 0 saturated carbocycles. The number of hydrogen-bond donors (Lipinski definition) is 1. The quantitative estimate of drug-likeness (QED) is 0.708. The number of carbonyl (C=O) groups is 3. The Labute approximate surface area is 155 Å². The number of likely N-dealkylation sites (tertiary alicyclic amines) is 1. The van der Waals surface area contributed by atoms with Crippen LogP contribution in [-0.4, -0.2) is 22.6 Å². The van der Waals surface area contributed by atoms with E-state index >= 15 is 0 Å². The van der Waals surface area contributed by atoms with Crippen molar-refractivity contribution >= 4 is 28.7 Å². The Balaban J connectivity index is 1.37. The molecule has 27 heavy (non-hydrogen) atoms. The van der Waals surface area contributed by atoms with E-state index in [4.69, 9.17) is 4.42 Å². The predicted molar refractivity (Wildman–Crippen MR) is 98.6 cm³/mol. The Morgan fingerprint density at radius 1 is 1.00 bits per heavy atom. The van der Waals surface area contributed by atoms with E-state index in [9.17, 15) is 14.4 Å². The van der Waals surface area contributed by atoms with Gasteiger partial charge in [-0.15, -0.1) is 0 Å². The van der Waals surface area contributed by atoms with Crippen molar-refractivity contribution in [1.29, 1.82) is 0 Å². The first kappa shape index (κ1) is 17.0. The first-order valence-corrected chi connectivity index (χ1v) is 8.78. The zero-order valence-electron chi connectivity index (χ0n) is 14.6. The lowest BCUT2D eigenvalue weighted by Gasteiger charge is -2.13. The smallest absolute Gasteiger partial charge is 0.251 e. The molecule has 1 aliphatic rings. The molecule has 4 rings (SSSR count). The summed E-state index contributed by atoms with van der Waals surface area (Å²) in [4.78, 5) is 36.9. The molecule has 2 aromatic carbocycles. The summed E-state index contributed by atoms with van der Waals surface area (Å²) in [6, 6.07) is 16.5. The van der Waals surface area contributed by atoms with Crippen LogP contribution in [0.2, 0.25) is 0 Å². The highest BCUT2D eigenvalue weighted by Crippen LogP contribution is 2.19. The minimum Gasteiger partial charge on any atom is -0.459 e. The van der Waals surface area contributed by atoms with Gasteiger partial charge in [0.15, 0.2) is 0 Å². The highest BCUT2D eigenvalue weighted by molar-refractivity contribution is 6.01. The molecule has 1 fully saturated rings. The van der Waals surface area contributed by atoms with E-state index in [-0.39, 0.29) is 37.1 Å². The molecule has 3 amide bonds. The Morgan fingerprint density at radius 2 is 1.70 bits per heavy atom. The van der Waals surface area contributed by atoms with Crippen molar-refractivity contribution in [3.8, 4) is 0 Å². The van der Waals surface area contributed by atoms with Crippen LogP contribution in [0.1, 0.15) is 34.5 Å². The van der Waals surface area contributed by atoms with Gasteiger partial charge in [-0.3, -0.25) is 19.3 Å². The Bertz CT molecular complexity index is 971. The number of rotatable bonds is 5. The number of nitrogens with zero attached hydrogens (tertiary/aromatic N) is 1. The van der Waals surface area contributed by atoms with Crippen LogP contribution in [0.5, 0.6) is 0 Å². The van der Waals surface area contributed by atoms with Crippen molar-refractivity contribution in [2.75, 3.05) is 0 Å². The lowest BCUT2D eigenvalue weighted by molar-refractivity contribution is -0.139. The van der Waals surface area contributed by atoms with Crippen molar-refractivity contribution in [3.05, 3.63) is 71.5 Å². The van der Waals surface area contributed by atoms with Gasteiger partial charge in [-0.05, 0) is 29.8 Å². The molecule has 0 radical (unpaired) electrons. The van der Waals surface area contributed by atoms with Gasteiger partial charge in [-0.2, -0.15) is 0 Å². The molecule has 3 aromatic rings. The molecule has 1 aromatic heterocycles. The summed E-state index contributed by atoms with van der Waals surface area (Å²) in [5.74, 6) is 0.183.